The molecule has 0 spiro atoms. The molecule has 27 heavy (non-hydrogen) atoms. The van der Waals surface area contributed by atoms with Crippen LogP contribution in [-0.2, 0) is 19.6 Å². The molecule has 0 heterocycles. The van der Waals surface area contributed by atoms with Crippen LogP contribution < -0.4 is 4.72 Å². The number of esters is 1. The molecule has 140 valence electrons. The highest BCUT2D eigenvalue weighted by Crippen LogP contribution is 2.27. The van der Waals surface area contributed by atoms with E-state index in [0.717, 1.165) is 16.3 Å². The predicted molar refractivity (Wildman–Crippen MR) is 105 cm³/mol. The molecule has 0 bridgehead atoms. The van der Waals surface area contributed by atoms with Crippen LogP contribution in [0.25, 0.3) is 10.8 Å². The highest BCUT2D eigenvalue weighted by atomic mass is 32.2. The topological polar surface area (TPSA) is 72.5 Å². The van der Waals surface area contributed by atoms with Crippen LogP contribution in [0.5, 0.6) is 0 Å². The Morgan fingerprint density at radius 2 is 1.67 bits per heavy atom. The van der Waals surface area contributed by atoms with E-state index >= 15 is 0 Å². The monoisotopic (exact) mass is 383 g/mol. The number of fused-ring (bicyclic) bond motifs is 1. The van der Waals surface area contributed by atoms with E-state index in [1.807, 2.05) is 37.3 Å². The molecule has 0 aromatic heterocycles. The number of benzene rings is 3. The molecule has 0 aliphatic rings. The Morgan fingerprint density at radius 1 is 1.00 bits per heavy atom. The van der Waals surface area contributed by atoms with Gasteiger partial charge in [0.25, 0.3) is 0 Å². The third kappa shape index (κ3) is 4.18. The molecule has 0 unspecified atom stereocenters. The third-order valence-electron chi connectivity index (χ3n) is 4.26. The fourth-order valence-electron chi connectivity index (χ4n) is 2.91. The Morgan fingerprint density at radius 3 is 2.37 bits per heavy atom. The summed E-state index contributed by atoms with van der Waals surface area (Å²) in [5, 5.41) is 1.71. The third-order valence-corrected chi connectivity index (χ3v) is 5.70. The maximum atomic E-state index is 12.9. The molecule has 0 saturated heterocycles. The van der Waals surface area contributed by atoms with Crippen LogP contribution >= 0.6 is 0 Å². The van der Waals surface area contributed by atoms with Crippen molar-refractivity contribution in [3.8, 4) is 0 Å². The lowest BCUT2D eigenvalue weighted by Crippen LogP contribution is -2.35. The molecule has 0 fully saturated rings. The Kier molecular flexibility index (Phi) is 5.58. The summed E-state index contributed by atoms with van der Waals surface area (Å²) in [7, 11) is -3.91. The molecular formula is C21H21NO4S. The van der Waals surface area contributed by atoms with Crippen LogP contribution in [0.1, 0.15) is 24.1 Å². The quantitative estimate of drug-likeness (QED) is 0.658. The van der Waals surface area contributed by atoms with Gasteiger partial charge in [-0.2, -0.15) is 4.72 Å². The predicted octanol–water partition coefficient (Wildman–Crippen LogP) is 3.73. The van der Waals surface area contributed by atoms with Gasteiger partial charge >= 0.3 is 5.97 Å². The largest absolute Gasteiger partial charge is 0.465 e. The van der Waals surface area contributed by atoms with Crippen molar-refractivity contribution in [2.45, 2.75) is 24.8 Å². The van der Waals surface area contributed by atoms with Crippen LogP contribution in [0.4, 0.5) is 0 Å². The highest BCUT2D eigenvalue weighted by Gasteiger charge is 2.29. The average Bonchev–Trinajstić information content (AvgIpc) is 2.66. The summed E-state index contributed by atoms with van der Waals surface area (Å²) in [4.78, 5) is 12.7. The molecule has 3 rings (SSSR count). The number of carbonyl (C=O) groups is 1. The molecule has 0 aliphatic heterocycles. The van der Waals surface area contributed by atoms with Crippen molar-refractivity contribution in [2.75, 3.05) is 6.61 Å². The van der Waals surface area contributed by atoms with E-state index in [4.69, 9.17) is 4.74 Å². The van der Waals surface area contributed by atoms with Gasteiger partial charge in [-0.3, -0.25) is 0 Å². The van der Waals surface area contributed by atoms with Crippen molar-refractivity contribution in [2.24, 2.45) is 0 Å². The molecule has 5 nitrogen and oxygen atoms in total. The molecule has 1 atom stereocenters. The van der Waals surface area contributed by atoms with Gasteiger partial charge < -0.3 is 4.74 Å². The van der Waals surface area contributed by atoms with Gasteiger partial charge in [-0.05, 0) is 42.3 Å². The summed E-state index contributed by atoms with van der Waals surface area (Å²) >= 11 is 0. The number of carbonyl (C=O) groups excluding carboxylic acids is 1. The molecule has 0 saturated carbocycles. The van der Waals surface area contributed by atoms with Gasteiger partial charge in [0.2, 0.25) is 10.0 Å². The maximum absolute atomic E-state index is 12.9. The molecule has 3 aromatic rings. The SMILES string of the molecule is CCOC(=O)[C@@H](NS(=O)(=O)c1ccc(C)cc1)c1cccc2ccccc12. The number of hydrogen-bond donors (Lipinski definition) is 1. The minimum Gasteiger partial charge on any atom is -0.465 e. The van der Waals surface area contributed by atoms with E-state index in [9.17, 15) is 13.2 Å². The van der Waals surface area contributed by atoms with E-state index in [0.29, 0.717) is 5.56 Å². The summed E-state index contributed by atoms with van der Waals surface area (Å²) in [5.41, 5.74) is 1.51. The molecular weight excluding hydrogens is 362 g/mol. The van der Waals surface area contributed by atoms with Gasteiger partial charge in [-0.15, -0.1) is 0 Å². The number of aryl methyl sites for hydroxylation is 1. The molecule has 0 amide bonds. The highest BCUT2D eigenvalue weighted by molar-refractivity contribution is 7.89. The zero-order valence-electron chi connectivity index (χ0n) is 15.2. The first-order chi connectivity index (χ1) is 12.9. The second-order valence-electron chi connectivity index (χ2n) is 6.19. The summed E-state index contributed by atoms with van der Waals surface area (Å²) in [5.74, 6) is -0.635. The van der Waals surface area contributed by atoms with Crippen LogP contribution in [0, 0.1) is 6.92 Å². The lowest BCUT2D eigenvalue weighted by Gasteiger charge is -2.19. The number of rotatable bonds is 6. The zero-order chi connectivity index (χ0) is 19.4. The Balaban J connectivity index is 2.06. The fourth-order valence-corrected chi connectivity index (χ4v) is 4.07. The minimum absolute atomic E-state index is 0.0997. The van der Waals surface area contributed by atoms with Crippen molar-refractivity contribution in [1.29, 1.82) is 0 Å². The molecule has 3 aromatic carbocycles. The van der Waals surface area contributed by atoms with Crippen LogP contribution in [0.2, 0.25) is 0 Å². The van der Waals surface area contributed by atoms with Crippen molar-refractivity contribution in [1.82, 2.24) is 4.72 Å². The second kappa shape index (κ2) is 7.90. The summed E-state index contributed by atoms with van der Waals surface area (Å²) in [6.07, 6.45) is 0. The first-order valence-corrected chi connectivity index (χ1v) is 10.1. The molecule has 1 N–H and O–H groups in total. The summed E-state index contributed by atoms with van der Waals surface area (Å²) in [6, 6.07) is 18.3. The standard InChI is InChI=1S/C21H21NO4S/c1-3-26-21(23)20(19-10-6-8-16-7-4-5-9-18(16)19)22-27(24,25)17-13-11-15(2)12-14-17/h4-14,20,22H,3H2,1-2H3/t20-/m0/s1. The number of sulfonamides is 1. The minimum atomic E-state index is -3.91. The van der Waals surface area contributed by atoms with Crippen LogP contribution in [-0.4, -0.2) is 21.0 Å². The summed E-state index contributed by atoms with van der Waals surface area (Å²) < 4.78 is 33.4. The zero-order valence-corrected chi connectivity index (χ0v) is 16.0. The van der Waals surface area contributed by atoms with Gasteiger partial charge in [-0.25, -0.2) is 13.2 Å². The number of ether oxygens (including phenoxy) is 1. The molecule has 6 heteroatoms. The lowest BCUT2D eigenvalue weighted by molar-refractivity contribution is -0.145. The average molecular weight is 383 g/mol. The number of nitrogens with one attached hydrogen (secondary N) is 1. The lowest BCUT2D eigenvalue weighted by atomic mass is 9.99. The van der Waals surface area contributed by atoms with Gasteiger partial charge in [0, 0.05) is 0 Å². The Labute approximate surface area is 159 Å². The van der Waals surface area contributed by atoms with E-state index in [1.165, 1.54) is 12.1 Å². The van der Waals surface area contributed by atoms with Crippen LogP contribution in [0.15, 0.2) is 71.6 Å². The first kappa shape index (κ1) is 19.1. The van der Waals surface area contributed by atoms with Gasteiger partial charge in [-0.1, -0.05) is 60.2 Å². The van der Waals surface area contributed by atoms with Crippen LogP contribution in [0.3, 0.4) is 0 Å². The van der Waals surface area contributed by atoms with Crippen molar-refractivity contribution in [3.05, 3.63) is 77.9 Å². The Hall–Kier alpha value is -2.70. The fraction of sp³-hybridized carbons (Fsp3) is 0.190. The molecule has 0 aliphatic carbocycles. The van der Waals surface area contributed by atoms with E-state index in [2.05, 4.69) is 4.72 Å². The maximum Gasteiger partial charge on any atom is 0.328 e. The van der Waals surface area contributed by atoms with E-state index in [1.54, 1.807) is 31.2 Å². The van der Waals surface area contributed by atoms with E-state index < -0.39 is 22.0 Å². The van der Waals surface area contributed by atoms with Crippen molar-refractivity contribution in [3.63, 3.8) is 0 Å². The summed E-state index contributed by atoms with van der Waals surface area (Å²) in [6.45, 7) is 3.72. The van der Waals surface area contributed by atoms with Crippen molar-refractivity contribution >= 4 is 26.8 Å². The normalized spacial score (nSPS) is 12.7. The first-order valence-electron chi connectivity index (χ1n) is 8.65. The number of hydrogen-bond acceptors (Lipinski definition) is 4. The van der Waals surface area contributed by atoms with Gasteiger partial charge in [0.1, 0.15) is 6.04 Å². The van der Waals surface area contributed by atoms with E-state index in [-0.39, 0.29) is 11.5 Å². The van der Waals surface area contributed by atoms with Gasteiger partial charge in [0.15, 0.2) is 0 Å². The molecule has 0 radical (unpaired) electrons. The Bertz CT molecular complexity index is 1050. The smallest absolute Gasteiger partial charge is 0.328 e. The second-order valence-corrected chi connectivity index (χ2v) is 7.90. The van der Waals surface area contributed by atoms with Crippen molar-refractivity contribution < 1.29 is 17.9 Å². The van der Waals surface area contributed by atoms with Gasteiger partial charge in [0.05, 0.1) is 11.5 Å².